The first-order valence-corrected chi connectivity index (χ1v) is 7.18. The van der Waals surface area contributed by atoms with Gasteiger partial charge in [-0.1, -0.05) is 42.5 Å². The molecule has 1 aliphatic heterocycles. The van der Waals surface area contributed by atoms with E-state index in [0.717, 1.165) is 25.1 Å². The summed E-state index contributed by atoms with van der Waals surface area (Å²) in [6.07, 6.45) is 0.849. The second kappa shape index (κ2) is 6.23. The molecular formula is C17H23NO2. The number of benzene rings is 1. The minimum Gasteiger partial charge on any atom is -0.465 e. The van der Waals surface area contributed by atoms with Crippen LogP contribution in [0.4, 0.5) is 0 Å². The fourth-order valence-electron chi connectivity index (χ4n) is 2.68. The third-order valence-corrected chi connectivity index (χ3v) is 4.02. The molecular weight excluding hydrogens is 250 g/mol. The Bertz CT molecular complexity index is 483. The van der Waals surface area contributed by atoms with Gasteiger partial charge in [0, 0.05) is 19.6 Å². The Balaban J connectivity index is 2.08. The highest BCUT2D eigenvalue weighted by atomic mass is 16.5. The Morgan fingerprint density at radius 3 is 2.75 bits per heavy atom. The minimum atomic E-state index is -0.580. The van der Waals surface area contributed by atoms with Gasteiger partial charge >= 0.3 is 5.97 Å². The molecule has 0 aliphatic carbocycles. The lowest BCUT2D eigenvalue weighted by Crippen LogP contribution is -2.47. The molecule has 1 atom stereocenters. The summed E-state index contributed by atoms with van der Waals surface area (Å²) in [4.78, 5) is 14.5. The first-order valence-electron chi connectivity index (χ1n) is 7.18. The van der Waals surface area contributed by atoms with Crippen molar-refractivity contribution in [3.05, 3.63) is 48.0 Å². The maximum Gasteiger partial charge on any atom is 0.317 e. The number of likely N-dealkylation sites (tertiary alicyclic amines) is 1. The van der Waals surface area contributed by atoms with Crippen molar-refractivity contribution < 1.29 is 9.53 Å². The molecule has 0 radical (unpaired) electrons. The highest BCUT2D eigenvalue weighted by Gasteiger charge is 2.41. The van der Waals surface area contributed by atoms with Crippen LogP contribution in [0.1, 0.15) is 25.8 Å². The van der Waals surface area contributed by atoms with Gasteiger partial charge in [-0.05, 0) is 25.8 Å². The molecule has 108 valence electrons. The van der Waals surface area contributed by atoms with Crippen molar-refractivity contribution >= 4 is 5.97 Å². The number of piperidine rings is 1. The normalized spacial score (nSPS) is 23.6. The van der Waals surface area contributed by atoms with E-state index in [9.17, 15) is 4.79 Å². The van der Waals surface area contributed by atoms with Gasteiger partial charge in [-0.3, -0.25) is 9.69 Å². The van der Waals surface area contributed by atoms with Crippen LogP contribution in [-0.4, -0.2) is 30.6 Å². The van der Waals surface area contributed by atoms with Gasteiger partial charge in [-0.15, -0.1) is 0 Å². The quantitative estimate of drug-likeness (QED) is 0.624. The number of carbonyl (C=O) groups excluding carboxylic acids is 1. The van der Waals surface area contributed by atoms with Crippen LogP contribution in [0, 0.1) is 5.41 Å². The van der Waals surface area contributed by atoms with Crippen molar-refractivity contribution in [2.45, 2.75) is 26.8 Å². The molecule has 0 bridgehead atoms. The van der Waals surface area contributed by atoms with E-state index in [0.29, 0.717) is 13.2 Å². The van der Waals surface area contributed by atoms with Crippen molar-refractivity contribution in [2.24, 2.45) is 5.41 Å². The van der Waals surface area contributed by atoms with Crippen LogP contribution in [0.25, 0.3) is 0 Å². The molecule has 0 N–H and O–H groups in total. The number of rotatable bonds is 4. The Labute approximate surface area is 121 Å². The highest BCUT2D eigenvalue weighted by Crippen LogP contribution is 2.35. The third kappa shape index (κ3) is 3.10. The Morgan fingerprint density at radius 1 is 1.40 bits per heavy atom. The number of carbonyl (C=O) groups is 1. The molecule has 1 saturated heterocycles. The molecule has 1 aromatic rings. The number of nitrogens with zero attached hydrogens (tertiary/aromatic N) is 1. The summed E-state index contributed by atoms with van der Waals surface area (Å²) < 4.78 is 5.23. The zero-order chi connectivity index (χ0) is 14.6. The van der Waals surface area contributed by atoms with Crippen LogP contribution in [0.3, 0.4) is 0 Å². The first kappa shape index (κ1) is 14.8. The highest BCUT2D eigenvalue weighted by molar-refractivity contribution is 5.80. The van der Waals surface area contributed by atoms with E-state index in [1.165, 1.54) is 5.56 Å². The number of ether oxygens (including phenoxy) is 1. The molecule has 0 aromatic heterocycles. The molecule has 0 saturated carbocycles. The Morgan fingerprint density at radius 2 is 2.10 bits per heavy atom. The van der Waals surface area contributed by atoms with E-state index >= 15 is 0 Å². The average Bonchev–Trinajstić information content (AvgIpc) is 2.44. The van der Waals surface area contributed by atoms with E-state index in [-0.39, 0.29) is 5.97 Å². The van der Waals surface area contributed by atoms with Crippen LogP contribution in [0.2, 0.25) is 0 Å². The third-order valence-electron chi connectivity index (χ3n) is 4.02. The topological polar surface area (TPSA) is 29.5 Å². The lowest BCUT2D eigenvalue weighted by Gasteiger charge is -2.40. The van der Waals surface area contributed by atoms with Crippen molar-refractivity contribution in [3.63, 3.8) is 0 Å². The molecule has 1 fully saturated rings. The number of esters is 1. The summed E-state index contributed by atoms with van der Waals surface area (Å²) in [6.45, 7) is 10.8. The Kier molecular flexibility index (Phi) is 4.61. The predicted octanol–water partition coefficient (Wildman–Crippen LogP) is 3.02. The van der Waals surface area contributed by atoms with Crippen LogP contribution in [-0.2, 0) is 16.1 Å². The summed E-state index contributed by atoms with van der Waals surface area (Å²) in [5.41, 5.74) is 1.68. The van der Waals surface area contributed by atoms with Crippen molar-refractivity contribution in [3.8, 4) is 0 Å². The van der Waals surface area contributed by atoms with Gasteiger partial charge in [0.15, 0.2) is 0 Å². The van der Waals surface area contributed by atoms with Gasteiger partial charge in [0.1, 0.15) is 0 Å². The van der Waals surface area contributed by atoms with Gasteiger partial charge in [0.05, 0.1) is 12.0 Å². The molecule has 3 heteroatoms. The maximum absolute atomic E-state index is 12.2. The zero-order valence-electron chi connectivity index (χ0n) is 12.4. The largest absolute Gasteiger partial charge is 0.465 e. The van der Waals surface area contributed by atoms with Gasteiger partial charge in [-0.25, -0.2) is 0 Å². The molecule has 2 rings (SSSR count). The van der Waals surface area contributed by atoms with Gasteiger partial charge in [0.2, 0.25) is 0 Å². The first-order chi connectivity index (χ1) is 9.56. The zero-order valence-corrected chi connectivity index (χ0v) is 12.4. The van der Waals surface area contributed by atoms with Crippen molar-refractivity contribution in [2.75, 3.05) is 19.7 Å². The van der Waals surface area contributed by atoms with E-state index < -0.39 is 5.41 Å². The van der Waals surface area contributed by atoms with E-state index in [1.54, 1.807) is 0 Å². The van der Waals surface area contributed by atoms with Crippen LogP contribution < -0.4 is 0 Å². The summed E-state index contributed by atoms with van der Waals surface area (Å²) in [6, 6.07) is 10.3. The van der Waals surface area contributed by atoms with Crippen molar-refractivity contribution in [1.29, 1.82) is 0 Å². The number of hydrogen-bond acceptors (Lipinski definition) is 3. The van der Waals surface area contributed by atoms with Crippen molar-refractivity contribution in [1.82, 2.24) is 4.90 Å². The smallest absolute Gasteiger partial charge is 0.317 e. The van der Waals surface area contributed by atoms with Crippen LogP contribution in [0.15, 0.2) is 42.5 Å². The van der Waals surface area contributed by atoms with Gasteiger partial charge in [-0.2, -0.15) is 0 Å². The fraction of sp³-hybridized carbons (Fsp3) is 0.471. The Hall–Kier alpha value is -1.61. The monoisotopic (exact) mass is 273 g/mol. The number of hydrogen-bond donors (Lipinski definition) is 0. The van der Waals surface area contributed by atoms with Gasteiger partial charge < -0.3 is 4.74 Å². The van der Waals surface area contributed by atoms with Crippen LogP contribution >= 0.6 is 0 Å². The predicted molar refractivity (Wildman–Crippen MR) is 80.2 cm³/mol. The molecule has 20 heavy (non-hydrogen) atoms. The maximum atomic E-state index is 12.2. The second-order valence-corrected chi connectivity index (χ2v) is 5.60. The summed E-state index contributed by atoms with van der Waals surface area (Å²) in [5, 5.41) is 0. The van der Waals surface area contributed by atoms with Crippen LogP contribution in [0.5, 0.6) is 0 Å². The van der Waals surface area contributed by atoms with E-state index in [2.05, 4.69) is 23.6 Å². The molecule has 3 nitrogen and oxygen atoms in total. The molecule has 0 amide bonds. The standard InChI is InChI=1S/C17H23NO2/c1-4-20-16(19)17(3)13-18(11-10-14(17)2)12-15-8-6-5-7-9-15/h5-9H,2,4,10-13H2,1,3H3. The summed E-state index contributed by atoms with van der Waals surface area (Å²) >= 11 is 0. The van der Waals surface area contributed by atoms with Gasteiger partial charge in [0.25, 0.3) is 0 Å². The molecule has 0 spiro atoms. The summed E-state index contributed by atoms with van der Waals surface area (Å²) in [7, 11) is 0. The summed E-state index contributed by atoms with van der Waals surface area (Å²) in [5.74, 6) is -0.150. The minimum absolute atomic E-state index is 0.150. The lowest BCUT2D eigenvalue weighted by molar-refractivity contribution is -0.154. The molecule has 1 unspecified atom stereocenters. The van der Waals surface area contributed by atoms with E-state index in [1.807, 2.05) is 32.0 Å². The molecule has 1 aromatic carbocycles. The second-order valence-electron chi connectivity index (χ2n) is 5.60. The lowest BCUT2D eigenvalue weighted by atomic mass is 9.78. The molecule has 1 heterocycles. The average molecular weight is 273 g/mol. The fourth-order valence-corrected chi connectivity index (χ4v) is 2.68. The SMILES string of the molecule is C=C1CCN(Cc2ccccc2)CC1(C)C(=O)OCC. The van der Waals surface area contributed by atoms with E-state index in [4.69, 9.17) is 4.74 Å². The molecule has 1 aliphatic rings.